The molecule has 26 heavy (non-hydrogen) atoms. The van der Waals surface area contributed by atoms with Crippen LogP contribution < -0.4 is 14.8 Å². The molecule has 132 valence electrons. The number of carbonyl (C=O) groups is 1. The first-order valence-corrected chi connectivity index (χ1v) is 9.26. The number of hydrogen-bond acceptors (Lipinski definition) is 6. The Balaban J connectivity index is 1.30. The normalized spacial score (nSPS) is 15.6. The monoisotopic (exact) mass is 367 g/mol. The first kappa shape index (κ1) is 16.7. The van der Waals surface area contributed by atoms with Crippen molar-refractivity contribution in [3.8, 4) is 11.5 Å². The molecule has 1 aliphatic heterocycles. The summed E-state index contributed by atoms with van der Waals surface area (Å²) in [4.78, 5) is 12.2. The summed E-state index contributed by atoms with van der Waals surface area (Å²) in [6.07, 6.45) is 1.52. The summed E-state index contributed by atoms with van der Waals surface area (Å²) in [6.45, 7) is 0.814. The van der Waals surface area contributed by atoms with Gasteiger partial charge in [-0.05, 0) is 12.1 Å². The number of aromatic nitrogens is 2. The fourth-order valence-electron chi connectivity index (χ4n) is 2.68. The molecule has 0 unspecified atom stereocenters. The van der Waals surface area contributed by atoms with E-state index in [4.69, 9.17) is 9.47 Å². The second-order valence-electron chi connectivity index (χ2n) is 5.83. The van der Waals surface area contributed by atoms with Crippen molar-refractivity contribution in [3.63, 3.8) is 0 Å². The van der Waals surface area contributed by atoms with Gasteiger partial charge in [0.1, 0.15) is 17.7 Å². The Morgan fingerprint density at radius 1 is 1.15 bits per heavy atom. The highest BCUT2D eigenvalue weighted by atomic mass is 32.2. The molecular formula is C19H17N3O3S. The molecule has 1 amide bonds. The average Bonchev–Trinajstić information content (AvgIpc) is 2.70. The lowest BCUT2D eigenvalue weighted by Gasteiger charge is -2.26. The summed E-state index contributed by atoms with van der Waals surface area (Å²) in [6, 6.07) is 15.4. The maximum Gasteiger partial charge on any atom is 0.230 e. The third-order valence-corrected chi connectivity index (χ3v) is 4.95. The number of hydrogen-bond donors (Lipinski definition) is 1. The lowest BCUT2D eigenvalue weighted by atomic mass is 10.2. The quantitative estimate of drug-likeness (QED) is 0.699. The van der Waals surface area contributed by atoms with Crippen molar-refractivity contribution in [2.24, 2.45) is 0 Å². The molecule has 6 nitrogen and oxygen atoms in total. The van der Waals surface area contributed by atoms with Gasteiger partial charge < -0.3 is 14.8 Å². The van der Waals surface area contributed by atoms with Crippen LogP contribution in [0, 0.1) is 0 Å². The molecule has 1 aliphatic rings. The van der Waals surface area contributed by atoms with E-state index in [0.29, 0.717) is 18.9 Å². The van der Waals surface area contributed by atoms with Gasteiger partial charge in [-0.15, -0.1) is 5.10 Å². The first-order chi connectivity index (χ1) is 12.8. The Kier molecular flexibility index (Phi) is 4.88. The molecule has 4 rings (SSSR count). The van der Waals surface area contributed by atoms with Crippen molar-refractivity contribution < 1.29 is 14.3 Å². The van der Waals surface area contributed by atoms with Crippen LogP contribution in [0.5, 0.6) is 11.5 Å². The van der Waals surface area contributed by atoms with Crippen LogP contribution in [0.1, 0.15) is 0 Å². The highest BCUT2D eigenvalue weighted by molar-refractivity contribution is 8.00. The fourth-order valence-corrected chi connectivity index (χ4v) is 3.50. The number of para-hydroxylation sites is 2. The number of ether oxygens (including phenoxy) is 2. The Morgan fingerprint density at radius 2 is 1.96 bits per heavy atom. The zero-order chi connectivity index (χ0) is 17.8. The second-order valence-corrected chi connectivity index (χ2v) is 6.79. The number of amides is 1. The smallest absolute Gasteiger partial charge is 0.230 e. The molecule has 2 aromatic carbocycles. The maximum atomic E-state index is 12.2. The average molecular weight is 367 g/mol. The van der Waals surface area contributed by atoms with E-state index in [-0.39, 0.29) is 17.8 Å². The first-order valence-electron chi connectivity index (χ1n) is 8.28. The molecule has 7 heteroatoms. The number of benzene rings is 2. The summed E-state index contributed by atoms with van der Waals surface area (Å²) >= 11 is 1.38. The molecule has 0 radical (unpaired) electrons. The topological polar surface area (TPSA) is 73.3 Å². The molecule has 0 saturated carbocycles. The molecule has 3 aromatic rings. The standard InChI is InChI=1S/C19H17N3O3S/c23-18(12-26-19-15-6-2-1-5-13(15)9-21-22-19)20-10-14-11-24-16-7-3-4-8-17(16)25-14/h1-9,14H,10-12H2,(H,20,23)/t14-/m1/s1. The van der Waals surface area contributed by atoms with E-state index in [2.05, 4.69) is 15.5 Å². The molecule has 0 aliphatic carbocycles. The molecule has 1 atom stereocenters. The van der Waals surface area contributed by atoms with E-state index in [1.165, 1.54) is 11.8 Å². The lowest BCUT2D eigenvalue weighted by molar-refractivity contribution is -0.119. The Labute approximate surface area is 154 Å². The van der Waals surface area contributed by atoms with Crippen LogP contribution >= 0.6 is 11.8 Å². The number of nitrogens with one attached hydrogen (secondary N) is 1. The number of fused-ring (bicyclic) bond motifs is 2. The Hall–Kier alpha value is -2.80. The number of carbonyl (C=O) groups excluding carboxylic acids is 1. The number of nitrogens with zero attached hydrogens (tertiary/aromatic N) is 2. The largest absolute Gasteiger partial charge is 0.486 e. The van der Waals surface area contributed by atoms with E-state index < -0.39 is 0 Å². The molecule has 1 N–H and O–H groups in total. The summed E-state index contributed by atoms with van der Waals surface area (Å²) in [5.74, 6) is 1.64. The summed E-state index contributed by atoms with van der Waals surface area (Å²) in [7, 11) is 0. The Bertz CT molecular complexity index is 929. The third-order valence-electron chi connectivity index (χ3n) is 3.97. The van der Waals surface area contributed by atoms with Crippen LogP contribution in [0.4, 0.5) is 0 Å². The summed E-state index contributed by atoms with van der Waals surface area (Å²) in [5, 5.41) is 13.8. The van der Waals surface area contributed by atoms with E-state index in [1.807, 2.05) is 48.5 Å². The van der Waals surface area contributed by atoms with Gasteiger partial charge in [0.05, 0.1) is 18.5 Å². The molecule has 2 heterocycles. The SMILES string of the molecule is O=C(CSc1nncc2ccccc12)NC[C@@H]1COc2ccccc2O1. The van der Waals surface area contributed by atoms with Gasteiger partial charge in [0.25, 0.3) is 0 Å². The third kappa shape index (κ3) is 3.72. The van der Waals surface area contributed by atoms with Crippen LogP contribution in [0.2, 0.25) is 0 Å². The van der Waals surface area contributed by atoms with E-state index in [9.17, 15) is 4.79 Å². The molecular weight excluding hydrogens is 350 g/mol. The highest BCUT2D eigenvalue weighted by Crippen LogP contribution is 2.30. The predicted molar refractivity (Wildman–Crippen MR) is 99.6 cm³/mol. The minimum absolute atomic E-state index is 0.0767. The second kappa shape index (κ2) is 7.61. The molecule has 0 spiro atoms. The van der Waals surface area contributed by atoms with Gasteiger partial charge in [-0.2, -0.15) is 5.10 Å². The van der Waals surface area contributed by atoms with E-state index in [1.54, 1.807) is 6.20 Å². The van der Waals surface area contributed by atoms with Gasteiger partial charge >= 0.3 is 0 Å². The van der Waals surface area contributed by atoms with Crippen molar-refractivity contribution in [1.82, 2.24) is 15.5 Å². The minimum Gasteiger partial charge on any atom is -0.486 e. The van der Waals surface area contributed by atoms with Gasteiger partial charge in [0, 0.05) is 10.8 Å². The highest BCUT2D eigenvalue weighted by Gasteiger charge is 2.21. The molecule has 1 aromatic heterocycles. The fraction of sp³-hybridized carbons (Fsp3) is 0.211. The van der Waals surface area contributed by atoms with Crippen LogP contribution in [-0.2, 0) is 4.79 Å². The van der Waals surface area contributed by atoms with Crippen molar-refractivity contribution in [2.75, 3.05) is 18.9 Å². The van der Waals surface area contributed by atoms with Crippen molar-refractivity contribution in [2.45, 2.75) is 11.1 Å². The maximum absolute atomic E-state index is 12.2. The molecule has 0 saturated heterocycles. The predicted octanol–water partition coefficient (Wildman–Crippen LogP) is 2.68. The zero-order valence-electron chi connectivity index (χ0n) is 13.9. The summed E-state index contributed by atoms with van der Waals surface area (Å²) in [5.41, 5.74) is 0. The van der Waals surface area contributed by atoms with Crippen LogP contribution in [0.25, 0.3) is 10.8 Å². The Morgan fingerprint density at radius 3 is 2.88 bits per heavy atom. The lowest BCUT2D eigenvalue weighted by Crippen LogP contribution is -2.41. The van der Waals surface area contributed by atoms with E-state index >= 15 is 0 Å². The van der Waals surface area contributed by atoms with E-state index in [0.717, 1.165) is 21.5 Å². The molecule has 0 fully saturated rings. The van der Waals surface area contributed by atoms with Gasteiger partial charge in [-0.3, -0.25) is 4.79 Å². The van der Waals surface area contributed by atoms with Gasteiger partial charge in [0.15, 0.2) is 11.5 Å². The van der Waals surface area contributed by atoms with Crippen LogP contribution in [0.15, 0.2) is 59.8 Å². The summed E-state index contributed by atoms with van der Waals surface area (Å²) < 4.78 is 11.5. The van der Waals surface area contributed by atoms with Crippen molar-refractivity contribution in [3.05, 3.63) is 54.7 Å². The minimum atomic E-state index is -0.198. The van der Waals surface area contributed by atoms with Gasteiger partial charge in [-0.1, -0.05) is 48.2 Å². The van der Waals surface area contributed by atoms with Crippen molar-refractivity contribution in [1.29, 1.82) is 0 Å². The number of rotatable bonds is 5. The van der Waals surface area contributed by atoms with Crippen LogP contribution in [0.3, 0.4) is 0 Å². The van der Waals surface area contributed by atoms with Gasteiger partial charge in [0.2, 0.25) is 5.91 Å². The molecule has 0 bridgehead atoms. The van der Waals surface area contributed by atoms with Gasteiger partial charge in [-0.25, -0.2) is 0 Å². The van der Waals surface area contributed by atoms with Crippen molar-refractivity contribution >= 4 is 28.4 Å². The number of thioether (sulfide) groups is 1. The zero-order valence-corrected chi connectivity index (χ0v) is 14.7. The van der Waals surface area contributed by atoms with Crippen LogP contribution in [-0.4, -0.2) is 41.1 Å².